The summed E-state index contributed by atoms with van der Waals surface area (Å²) >= 11 is 0. The highest BCUT2D eigenvalue weighted by atomic mass is 35.5. The van der Waals surface area contributed by atoms with Gasteiger partial charge in [-0.25, -0.2) is 0 Å². The first-order chi connectivity index (χ1) is 7.06. The van der Waals surface area contributed by atoms with Crippen LogP contribution in [0.15, 0.2) is 0 Å². The highest BCUT2D eigenvalue weighted by Crippen LogP contribution is 2.19. The molecule has 1 aliphatic heterocycles. The molecule has 0 aliphatic carbocycles. The lowest BCUT2D eigenvalue weighted by molar-refractivity contribution is -0.129. The molecule has 0 aromatic heterocycles. The highest BCUT2D eigenvalue weighted by Gasteiger charge is 2.25. The predicted octanol–water partition coefficient (Wildman–Crippen LogP) is 1.96. The first-order valence-electron chi connectivity index (χ1n) is 6.05. The lowest BCUT2D eigenvalue weighted by atomic mass is 9.89. The van der Waals surface area contributed by atoms with Crippen LogP contribution in [0.4, 0.5) is 0 Å². The van der Waals surface area contributed by atoms with Crippen molar-refractivity contribution in [3.8, 4) is 0 Å². The van der Waals surface area contributed by atoms with Gasteiger partial charge in [-0.05, 0) is 38.3 Å². The molecule has 16 heavy (non-hydrogen) atoms. The average molecular weight is 249 g/mol. The van der Waals surface area contributed by atoms with E-state index in [0.29, 0.717) is 5.92 Å². The third-order valence-electron chi connectivity index (χ3n) is 3.45. The third kappa shape index (κ3) is 4.71. The lowest BCUT2D eigenvalue weighted by Gasteiger charge is -2.26. The van der Waals surface area contributed by atoms with Gasteiger partial charge in [-0.1, -0.05) is 20.8 Å². The molecule has 4 heteroatoms. The van der Waals surface area contributed by atoms with Gasteiger partial charge in [0.15, 0.2) is 0 Å². The molecule has 0 aromatic carbocycles. The second-order valence-corrected chi connectivity index (χ2v) is 5.16. The molecule has 0 saturated carbocycles. The monoisotopic (exact) mass is 248 g/mol. The molecule has 1 amide bonds. The van der Waals surface area contributed by atoms with E-state index in [1.807, 2.05) is 13.8 Å². The maximum atomic E-state index is 11.8. The fourth-order valence-electron chi connectivity index (χ4n) is 1.74. The van der Waals surface area contributed by atoms with Crippen molar-refractivity contribution in [3.63, 3.8) is 0 Å². The van der Waals surface area contributed by atoms with Crippen LogP contribution in [0, 0.1) is 11.3 Å². The summed E-state index contributed by atoms with van der Waals surface area (Å²) in [5.41, 5.74) is -0.220. The van der Waals surface area contributed by atoms with Crippen molar-refractivity contribution >= 4 is 18.3 Å². The maximum Gasteiger partial charge on any atom is 0.225 e. The summed E-state index contributed by atoms with van der Waals surface area (Å²) in [6, 6.07) is 0. The molecule has 2 N–H and O–H groups in total. The van der Waals surface area contributed by atoms with E-state index in [0.717, 1.165) is 26.1 Å². The normalized spacial score (nSPS) is 21.1. The van der Waals surface area contributed by atoms with E-state index in [4.69, 9.17) is 0 Å². The molecular formula is C12H25ClN2O. The van der Waals surface area contributed by atoms with Crippen molar-refractivity contribution < 1.29 is 4.79 Å². The molecular weight excluding hydrogens is 224 g/mol. The number of carbonyl (C=O) groups excluding carboxylic acids is 1. The summed E-state index contributed by atoms with van der Waals surface area (Å²) in [4.78, 5) is 11.8. The number of nitrogens with one attached hydrogen (secondary N) is 2. The molecule has 0 bridgehead atoms. The van der Waals surface area contributed by atoms with Gasteiger partial charge in [-0.15, -0.1) is 12.4 Å². The van der Waals surface area contributed by atoms with Gasteiger partial charge in [-0.3, -0.25) is 4.79 Å². The van der Waals surface area contributed by atoms with Gasteiger partial charge in [0, 0.05) is 12.0 Å². The van der Waals surface area contributed by atoms with Crippen molar-refractivity contribution in [2.45, 2.75) is 40.0 Å². The zero-order valence-corrected chi connectivity index (χ0v) is 11.5. The van der Waals surface area contributed by atoms with E-state index in [-0.39, 0.29) is 23.7 Å². The standard InChI is InChI=1S/C12H24N2O.ClH/c1-4-12(2,3)11(15)14-9-10-6-5-7-13-8-10;/h10,13H,4-9H2,1-3H3,(H,14,15);1H. The van der Waals surface area contributed by atoms with E-state index in [1.165, 1.54) is 12.8 Å². The minimum atomic E-state index is -0.220. The van der Waals surface area contributed by atoms with E-state index < -0.39 is 0 Å². The minimum Gasteiger partial charge on any atom is -0.355 e. The number of rotatable bonds is 4. The van der Waals surface area contributed by atoms with Gasteiger partial charge in [0.25, 0.3) is 0 Å². The Kier molecular flexibility index (Phi) is 7.00. The van der Waals surface area contributed by atoms with Crippen LogP contribution in [0.25, 0.3) is 0 Å². The lowest BCUT2D eigenvalue weighted by Crippen LogP contribution is -2.42. The van der Waals surface area contributed by atoms with Crippen molar-refractivity contribution in [2.75, 3.05) is 19.6 Å². The Labute approximate surface area is 105 Å². The molecule has 1 aliphatic rings. The molecule has 0 spiro atoms. The van der Waals surface area contributed by atoms with Crippen LogP contribution in [0.2, 0.25) is 0 Å². The van der Waals surface area contributed by atoms with Crippen LogP contribution in [0.5, 0.6) is 0 Å². The summed E-state index contributed by atoms with van der Waals surface area (Å²) in [6.07, 6.45) is 3.36. The molecule has 96 valence electrons. The maximum absolute atomic E-state index is 11.8. The Hall–Kier alpha value is -0.280. The Morgan fingerprint density at radius 2 is 2.19 bits per heavy atom. The number of carbonyl (C=O) groups is 1. The summed E-state index contributed by atoms with van der Waals surface area (Å²) < 4.78 is 0. The van der Waals surface area contributed by atoms with E-state index in [1.54, 1.807) is 0 Å². The number of hydrogen-bond donors (Lipinski definition) is 2. The Morgan fingerprint density at radius 3 is 2.69 bits per heavy atom. The number of amides is 1. The number of halogens is 1. The molecule has 3 nitrogen and oxygen atoms in total. The Morgan fingerprint density at radius 1 is 1.50 bits per heavy atom. The molecule has 1 heterocycles. The molecule has 1 fully saturated rings. The van der Waals surface area contributed by atoms with Gasteiger partial charge >= 0.3 is 0 Å². The summed E-state index contributed by atoms with van der Waals surface area (Å²) in [5, 5.41) is 6.42. The van der Waals surface area contributed by atoms with Crippen molar-refractivity contribution in [3.05, 3.63) is 0 Å². The number of hydrogen-bond acceptors (Lipinski definition) is 2. The van der Waals surface area contributed by atoms with E-state index >= 15 is 0 Å². The molecule has 1 saturated heterocycles. The second kappa shape index (κ2) is 7.13. The number of piperidine rings is 1. The minimum absolute atomic E-state index is 0. The van der Waals surface area contributed by atoms with Crippen LogP contribution in [0.3, 0.4) is 0 Å². The zero-order chi connectivity index (χ0) is 11.3. The van der Waals surface area contributed by atoms with Gasteiger partial charge in [-0.2, -0.15) is 0 Å². The predicted molar refractivity (Wildman–Crippen MR) is 69.9 cm³/mol. The third-order valence-corrected chi connectivity index (χ3v) is 3.45. The first kappa shape index (κ1) is 15.7. The van der Waals surface area contributed by atoms with Crippen LogP contribution in [-0.4, -0.2) is 25.5 Å². The smallest absolute Gasteiger partial charge is 0.225 e. The van der Waals surface area contributed by atoms with Crippen molar-refractivity contribution in [2.24, 2.45) is 11.3 Å². The van der Waals surface area contributed by atoms with E-state index in [9.17, 15) is 4.79 Å². The first-order valence-corrected chi connectivity index (χ1v) is 6.05. The summed E-state index contributed by atoms with van der Waals surface area (Å²) in [7, 11) is 0. The topological polar surface area (TPSA) is 41.1 Å². The quantitative estimate of drug-likeness (QED) is 0.799. The summed E-state index contributed by atoms with van der Waals surface area (Å²) in [6.45, 7) is 9.07. The largest absolute Gasteiger partial charge is 0.355 e. The van der Waals surface area contributed by atoms with E-state index in [2.05, 4.69) is 17.6 Å². The van der Waals surface area contributed by atoms with Gasteiger partial charge in [0.05, 0.1) is 0 Å². The van der Waals surface area contributed by atoms with Crippen LogP contribution < -0.4 is 10.6 Å². The van der Waals surface area contributed by atoms with Gasteiger partial charge in [0.2, 0.25) is 5.91 Å². The van der Waals surface area contributed by atoms with Crippen LogP contribution in [0.1, 0.15) is 40.0 Å². The fourth-order valence-corrected chi connectivity index (χ4v) is 1.74. The Bertz CT molecular complexity index is 213. The van der Waals surface area contributed by atoms with Crippen molar-refractivity contribution in [1.82, 2.24) is 10.6 Å². The highest BCUT2D eigenvalue weighted by molar-refractivity contribution is 5.85. The molecule has 1 unspecified atom stereocenters. The molecule has 0 radical (unpaired) electrons. The van der Waals surface area contributed by atoms with Crippen LogP contribution in [-0.2, 0) is 4.79 Å². The zero-order valence-electron chi connectivity index (χ0n) is 10.6. The molecule has 1 rings (SSSR count). The second-order valence-electron chi connectivity index (χ2n) is 5.16. The van der Waals surface area contributed by atoms with Gasteiger partial charge in [0.1, 0.15) is 0 Å². The van der Waals surface area contributed by atoms with Crippen LogP contribution >= 0.6 is 12.4 Å². The SMILES string of the molecule is CCC(C)(C)C(=O)NCC1CCCNC1.Cl. The fraction of sp³-hybridized carbons (Fsp3) is 0.917. The average Bonchev–Trinajstić information content (AvgIpc) is 2.27. The van der Waals surface area contributed by atoms with Gasteiger partial charge < -0.3 is 10.6 Å². The molecule has 1 atom stereocenters. The summed E-state index contributed by atoms with van der Waals surface area (Å²) in [5.74, 6) is 0.811. The molecule has 0 aromatic rings. The van der Waals surface area contributed by atoms with Crippen molar-refractivity contribution in [1.29, 1.82) is 0 Å². The Balaban J connectivity index is 0.00000225.